The smallest absolute Gasteiger partial charge is 0.305 e. The number of carbonyl (C=O) groups excluding carboxylic acids is 1. The topological polar surface area (TPSA) is 137 Å². The van der Waals surface area contributed by atoms with Crippen molar-refractivity contribution < 1.29 is 24.4 Å². The lowest BCUT2D eigenvalue weighted by Crippen LogP contribution is -2.19. The van der Waals surface area contributed by atoms with Gasteiger partial charge in [-0.05, 0) is 36.8 Å². The Kier molecular flexibility index (Phi) is 6.51. The summed E-state index contributed by atoms with van der Waals surface area (Å²) in [5.74, 6) is -1.03. The maximum absolute atomic E-state index is 12.6. The van der Waals surface area contributed by atoms with Crippen LogP contribution in [0.1, 0.15) is 22.5 Å². The van der Waals surface area contributed by atoms with E-state index in [4.69, 9.17) is 21.4 Å². The molecule has 1 aromatic heterocycles. The lowest BCUT2D eigenvalue weighted by atomic mass is 10.2. The number of nitrogens with zero attached hydrogens (tertiary/aromatic N) is 3. The Labute approximate surface area is 181 Å². The van der Waals surface area contributed by atoms with Crippen molar-refractivity contribution in [1.82, 2.24) is 9.78 Å². The average Bonchev–Trinajstić information content (AvgIpc) is 3.17. The SMILES string of the molecule is Cc1cc(Cl)ccc1Oc1cc(NC(=O)c2ccnn2CCC(=O)O)cc([N+](=O)[O-])c1. The third kappa shape index (κ3) is 5.58. The van der Waals surface area contributed by atoms with Crippen molar-refractivity contribution in [3.8, 4) is 11.5 Å². The van der Waals surface area contributed by atoms with Crippen LogP contribution in [0.4, 0.5) is 11.4 Å². The van der Waals surface area contributed by atoms with Crippen molar-refractivity contribution in [1.29, 1.82) is 0 Å². The van der Waals surface area contributed by atoms with Gasteiger partial charge in [0.25, 0.3) is 11.6 Å². The summed E-state index contributed by atoms with van der Waals surface area (Å²) < 4.78 is 7.00. The van der Waals surface area contributed by atoms with Gasteiger partial charge in [-0.3, -0.25) is 24.4 Å². The second-order valence-electron chi connectivity index (χ2n) is 6.52. The highest BCUT2D eigenvalue weighted by molar-refractivity contribution is 6.30. The van der Waals surface area contributed by atoms with Gasteiger partial charge in [-0.25, -0.2) is 0 Å². The van der Waals surface area contributed by atoms with Gasteiger partial charge in [0.15, 0.2) is 0 Å². The van der Waals surface area contributed by atoms with E-state index in [0.717, 1.165) is 5.56 Å². The number of halogens is 1. The molecule has 0 radical (unpaired) electrons. The summed E-state index contributed by atoms with van der Waals surface area (Å²) in [5.41, 5.74) is 0.696. The number of nitro benzene ring substituents is 1. The Morgan fingerprint density at radius 3 is 2.71 bits per heavy atom. The van der Waals surface area contributed by atoms with Crippen molar-refractivity contribution in [2.75, 3.05) is 5.32 Å². The molecule has 3 aromatic rings. The first-order chi connectivity index (χ1) is 14.7. The summed E-state index contributed by atoms with van der Waals surface area (Å²) in [7, 11) is 0. The number of benzene rings is 2. The highest BCUT2D eigenvalue weighted by atomic mass is 35.5. The summed E-state index contributed by atoms with van der Waals surface area (Å²) in [6, 6.07) is 10.2. The lowest BCUT2D eigenvalue weighted by molar-refractivity contribution is -0.384. The van der Waals surface area contributed by atoms with Gasteiger partial charge in [0.1, 0.15) is 17.2 Å². The third-order valence-electron chi connectivity index (χ3n) is 4.21. The van der Waals surface area contributed by atoms with E-state index in [0.29, 0.717) is 10.8 Å². The van der Waals surface area contributed by atoms with E-state index in [-0.39, 0.29) is 35.8 Å². The van der Waals surface area contributed by atoms with Gasteiger partial charge in [-0.15, -0.1) is 0 Å². The van der Waals surface area contributed by atoms with Gasteiger partial charge in [-0.2, -0.15) is 5.10 Å². The number of hydrogen-bond donors (Lipinski definition) is 2. The van der Waals surface area contributed by atoms with E-state index in [9.17, 15) is 19.7 Å². The van der Waals surface area contributed by atoms with Crippen LogP contribution in [-0.2, 0) is 11.3 Å². The summed E-state index contributed by atoms with van der Waals surface area (Å²) in [4.78, 5) is 34.1. The first kappa shape index (κ1) is 21.8. The number of carbonyl (C=O) groups is 2. The van der Waals surface area contributed by atoms with Crippen LogP contribution >= 0.6 is 11.6 Å². The molecule has 1 heterocycles. The van der Waals surface area contributed by atoms with Crippen molar-refractivity contribution in [2.45, 2.75) is 19.9 Å². The molecule has 0 saturated carbocycles. The van der Waals surface area contributed by atoms with Crippen molar-refractivity contribution >= 4 is 34.9 Å². The predicted octanol–water partition coefficient (Wildman–Crippen LogP) is 4.27. The number of aryl methyl sites for hydroxylation is 2. The summed E-state index contributed by atoms with van der Waals surface area (Å²) in [6.45, 7) is 1.78. The van der Waals surface area contributed by atoms with Gasteiger partial charge in [0.2, 0.25) is 0 Å². The molecule has 11 heteroatoms. The third-order valence-corrected chi connectivity index (χ3v) is 4.45. The predicted molar refractivity (Wildman–Crippen MR) is 112 cm³/mol. The van der Waals surface area contributed by atoms with Gasteiger partial charge >= 0.3 is 5.97 Å². The minimum absolute atomic E-state index is 0.00420. The molecule has 2 N–H and O–H groups in total. The molecule has 2 aromatic carbocycles. The summed E-state index contributed by atoms with van der Waals surface area (Å²) in [6.07, 6.45) is 1.15. The molecule has 10 nitrogen and oxygen atoms in total. The second kappa shape index (κ2) is 9.26. The fraction of sp³-hybridized carbons (Fsp3) is 0.150. The van der Waals surface area contributed by atoms with Crippen LogP contribution in [0.2, 0.25) is 5.02 Å². The van der Waals surface area contributed by atoms with Crippen LogP contribution in [0.15, 0.2) is 48.7 Å². The number of amides is 1. The number of aromatic nitrogens is 2. The minimum atomic E-state index is -1.03. The van der Waals surface area contributed by atoms with Crippen LogP contribution in [0, 0.1) is 17.0 Å². The van der Waals surface area contributed by atoms with Crippen LogP contribution in [-0.4, -0.2) is 31.7 Å². The van der Waals surface area contributed by atoms with E-state index in [1.54, 1.807) is 25.1 Å². The Bertz CT molecular complexity index is 1160. The van der Waals surface area contributed by atoms with Crippen molar-refractivity contribution in [3.05, 3.63) is 75.1 Å². The molecule has 160 valence electrons. The van der Waals surface area contributed by atoms with Crippen LogP contribution in [0.25, 0.3) is 0 Å². The van der Waals surface area contributed by atoms with Crippen molar-refractivity contribution in [2.24, 2.45) is 0 Å². The van der Waals surface area contributed by atoms with Gasteiger partial charge in [0.05, 0.1) is 29.6 Å². The average molecular weight is 445 g/mol. The van der Waals surface area contributed by atoms with E-state index in [1.807, 2.05) is 0 Å². The van der Waals surface area contributed by atoms with Gasteiger partial charge in [0, 0.05) is 23.4 Å². The molecule has 1 amide bonds. The number of aliphatic carboxylic acids is 1. The number of nitrogens with one attached hydrogen (secondary N) is 1. The first-order valence-electron chi connectivity index (χ1n) is 9.01. The monoisotopic (exact) mass is 444 g/mol. The number of hydrogen-bond acceptors (Lipinski definition) is 6. The molecule has 0 aliphatic carbocycles. The minimum Gasteiger partial charge on any atom is -0.481 e. The maximum atomic E-state index is 12.6. The zero-order valence-corrected chi connectivity index (χ0v) is 17.0. The molecule has 0 atom stereocenters. The standard InChI is InChI=1S/C20H17ClN4O6/c1-12-8-13(21)2-3-18(12)31-16-10-14(9-15(11-16)25(29)30)23-20(28)17-4-6-22-24(17)7-5-19(26)27/h2-4,6,8-11H,5,7H2,1H3,(H,23,28)(H,26,27). The van der Waals surface area contributed by atoms with Crippen LogP contribution in [0.3, 0.4) is 0 Å². The van der Waals surface area contributed by atoms with E-state index in [1.165, 1.54) is 35.1 Å². The first-order valence-corrected chi connectivity index (χ1v) is 9.39. The zero-order chi connectivity index (χ0) is 22.5. The number of rotatable bonds is 8. The Morgan fingerprint density at radius 1 is 1.26 bits per heavy atom. The molecule has 31 heavy (non-hydrogen) atoms. The highest BCUT2D eigenvalue weighted by Gasteiger charge is 2.17. The quantitative estimate of drug-likeness (QED) is 0.391. The molecule has 0 aliphatic heterocycles. The highest BCUT2D eigenvalue weighted by Crippen LogP contribution is 2.32. The molecule has 0 aliphatic rings. The van der Waals surface area contributed by atoms with Gasteiger partial charge < -0.3 is 15.2 Å². The molecule has 0 spiro atoms. The number of nitro groups is 1. The summed E-state index contributed by atoms with van der Waals surface area (Å²) in [5, 5.41) is 27.2. The molecule has 0 saturated heterocycles. The Morgan fingerprint density at radius 2 is 2.03 bits per heavy atom. The number of ether oxygens (including phenoxy) is 1. The summed E-state index contributed by atoms with van der Waals surface area (Å²) >= 11 is 5.94. The van der Waals surface area contributed by atoms with Gasteiger partial charge in [-0.1, -0.05) is 11.6 Å². The van der Waals surface area contributed by atoms with E-state index in [2.05, 4.69) is 10.4 Å². The molecular weight excluding hydrogens is 428 g/mol. The largest absolute Gasteiger partial charge is 0.481 e. The van der Waals surface area contributed by atoms with E-state index >= 15 is 0 Å². The van der Waals surface area contributed by atoms with Crippen molar-refractivity contribution in [3.63, 3.8) is 0 Å². The molecule has 0 fully saturated rings. The number of carboxylic acid groups (broad SMARTS) is 1. The van der Waals surface area contributed by atoms with E-state index < -0.39 is 16.8 Å². The number of carboxylic acids is 1. The fourth-order valence-corrected chi connectivity index (χ4v) is 3.00. The fourth-order valence-electron chi connectivity index (χ4n) is 2.77. The Hall–Kier alpha value is -3.92. The number of anilines is 1. The van der Waals surface area contributed by atoms with Crippen LogP contribution < -0.4 is 10.1 Å². The molecule has 0 unspecified atom stereocenters. The second-order valence-corrected chi connectivity index (χ2v) is 6.96. The Balaban J connectivity index is 1.86. The maximum Gasteiger partial charge on any atom is 0.305 e. The molecular formula is C20H17ClN4O6. The molecule has 3 rings (SSSR count). The zero-order valence-electron chi connectivity index (χ0n) is 16.2. The lowest BCUT2D eigenvalue weighted by Gasteiger charge is -2.12. The van der Waals surface area contributed by atoms with Crippen LogP contribution in [0.5, 0.6) is 11.5 Å². The number of non-ortho nitro benzene ring substituents is 1. The normalized spacial score (nSPS) is 10.5. The molecule has 0 bridgehead atoms.